The molecule has 4 nitrogen and oxygen atoms in total. The summed E-state index contributed by atoms with van der Waals surface area (Å²) in [5, 5.41) is 0. The molecule has 1 amide bonds. The summed E-state index contributed by atoms with van der Waals surface area (Å²) in [6.07, 6.45) is 0.868. The molecule has 3 rings (SSSR count). The highest BCUT2D eigenvalue weighted by molar-refractivity contribution is 5.80. The number of nitrogens with zero attached hydrogens (tertiary/aromatic N) is 1. The van der Waals surface area contributed by atoms with E-state index in [9.17, 15) is 4.79 Å². The van der Waals surface area contributed by atoms with Crippen LogP contribution in [0, 0.1) is 6.92 Å². The number of hydrogen-bond donors (Lipinski definition) is 1. The molecule has 1 saturated heterocycles. The van der Waals surface area contributed by atoms with Crippen molar-refractivity contribution in [2.45, 2.75) is 32.5 Å². The molecule has 0 saturated carbocycles. The average molecular weight is 310 g/mol. The Morgan fingerprint density at radius 3 is 2.61 bits per heavy atom. The Morgan fingerprint density at radius 1 is 1.22 bits per heavy atom. The standard InChI is InChI=1S/C19H22N2O2/c1-14-3-2-4-16(11-14)13-23-17-7-5-15(6-8-17)12-21-10-9-18(21)19(20)22/h2-8,11,18H,9-10,12-13H2,1H3,(H2,20,22)/t18-/m0/s1. The molecule has 0 aromatic heterocycles. The zero-order valence-electron chi connectivity index (χ0n) is 13.4. The van der Waals surface area contributed by atoms with E-state index in [1.807, 2.05) is 30.3 Å². The fourth-order valence-corrected chi connectivity index (χ4v) is 2.85. The van der Waals surface area contributed by atoms with Gasteiger partial charge in [0.1, 0.15) is 12.4 Å². The maximum Gasteiger partial charge on any atom is 0.234 e. The molecule has 120 valence electrons. The average Bonchev–Trinajstić information content (AvgIpc) is 2.50. The van der Waals surface area contributed by atoms with Gasteiger partial charge in [-0.25, -0.2) is 0 Å². The molecule has 1 aliphatic heterocycles. The number of aryl methyl sites for hydroxylation is 1. The number of likely N-dealkylation sites (tertiary alicyclic amines) is 1. The Morgan fingerprint density at radius 2 is 2.00 bits per heavy atom. The lowest BCUT2D eigenvalue weighted by molar-refractivity contribution is -0.127. The highest BCUT2D eigenvalue weighted by atomic mass is 16.5. The molecule has 1 heterocycles. The number of carbonyl (C=O) groups is 1. The maximum atomic E-state index is 11.2. The molecular weight excluding hydrogens is 288 g/mol. The van der Waals surface area contributed by atoms with Crippen LogP contribution in [0.1, 0.15) is 23.1 Å². The van der Waals surface area contributed by atoms with Gasteiger partial charge in [0, 0.05) is 13.1 Å². The molecule has 4 heteroatoms. The van der Waals surface area contributed by atoms with Crippen LogP contribution in [0.5, 0.6) is 5.75 Å². The number of hydrogen-bond acceptors (Lipinski definition) is 3. The predicted molar refractivity (Wildman–Crippen MR) is 90.0 cm³/mol. The normalized spacial score (nSPS) is 17.5. The van der Waals surface area contributed by atoms with Crippen molar-refractivity contribution in [2.24, 2.45) is 5.73 Å². The smallest absolute Gasteiger partial charge is 0.234 e. The number of nitrogens with two attached hydrogens (primary N) is 1. The molecule has 23 heavy (non-hydrogen) atoms. The van der Waals surface area contributed by atoms with Gasteiger partial charge in [0.05, 0.1) is 6.04 Å². The van der Waals surface area contributed by atoms with Gasteiger partial charge in [-0.3, -0.25) is 9.69 Å². The summed E-state index contributed by atoms with van der Waals surface area (Å²) in [5.41, 5.74) is 8.94. The van der Waals surface area contributed by atoms with Crippen molar-refractivity contribution in [1.29, 1.82) is 0 Å². The summed E-state index contributed by atoms with van der Waals surface area (Å²) in [4.78, 5) is 13.3. The van der Waals surface area contributed by atoms with Crippen molar-refractivity contribution in [3.63, 3.8) is 0 Å². The molecule has 2 N–H and O–H groups in total. The molecule has 2 aromatic rings. The Bertz CT molecular complexity index is 682. The van der Waals surface area contributed by atoms with Crippen molar-refractivity contribution in [3.8, 4) is 5.75 Å². The van der Waals surface area contributed by atoms with Gasteiger partial charge in [0.15, 0.2) is 0 Å². The highest BCUT2D eigenvalue weighted by Gasteiger charge is 2.32. The number of rotatable bonds is 6. The van der Waals surface area contributed by atoms with E-state index in [-0.39, 0.29) is 11.9 Å². The Balaban J connectivity index is 1.54. The van der Waals surface area contributed by atoms with Crippen LogP contribution < -0.4 is 10.5 Å². The van der Waals surface area contributed by atoms with Gasteiger partial charge >= 0.3 is 0 Å². The van der Waals surface area contributed by atoms with Gasteiger partial charge in [0.2, 0.25) is 5.91 Å². The van der Waals surface area contributed by atoms with Crippen LogP contribution in [-0.4, -0.2) is 23.4 Å². The summed E-state index contributed by atoms with van der Waals surface area (Å²) >= 11 is 0. The lowest BCUT2D eigenvalue weighted by Crippen LogP contribution is -2.54. The molecule has 2 aromatic carbocycles. The van der Waals surface area contributed by atoms with Gasteiger partial charge in [-0.1, -0.05) is 42.0 Å². The van der Waals surface area contributed by atoms with Gasteiger partial charge in [-0.2, -0.15) is 0 Å². The molecule has 0 spiro atoms. The minimum absolute atomic E-state index is 0.104. The van der Waals surface area contributed by atoms with Gasteiger partial charge in [-0.15, -0.1) is 0 Å². The molecule has 1 aliphatic rings. The monoisotopic (exact) mass is 310 g/mol. The summed E-state index contributed by atoms with van der Waals surface area (Å²) in [5.74, 6) is 0.625. The van der Waals surface area contributed by atoms with E-state index in [4.69, 9.17) is 10.5 Å². The minimum atomic E-state index is -0.227. The zero-order chi connectivity index (χ0) is 16.2. The van der Waals surface area contributed by atoms with Crippen molar-refractivity contribution in [2.75, 3.05) is 6.54 Å². The van der Waals surface area contributed by atoms with Gasteiger partial charge in [0.25, 0.3) is 0 Å². The van der Waals surface area contributed by atoms with Crippen LogP contribution in [0.25, 0.3) is 0 Å². The summed E-state index contributed by atoms with van der Waals surface area (Å²) in [6.45, 7) is 4.33. The number of primary amides is 1. The molecule has 1 atom stereocenters. The quantitative estimate of drug-likeness (QED) is 0.892. The second-order valence-electron chi connectivity index (χ2n) is 6.10. The SMILES string of the molecule is Cc1cccc(COc2ccc(CN3CC[C@H]3C(N)=O)cc2)c1. The third-order valence-electron chi connectivity index (χ3n) is 4.26. The van der Waals surface area contributed by atoms with Crippen LogP contribution in [0.15, 0.2) is 48.5 Å². The van der Waals surface area contributed by atoms with E-state index in [0.717, 1.165) is 25.3 Å². The second-order valence-corrected chi connectivity index (χ2v) is 6.10. The molecular formula is C19H22N2O2. The maximum absolute atomic E-state index is 11.2. The first-order valence-corrected chi connectivity index (χ1v) is 7.92. The van der Waals surface area contributed by atoms with Crippen molar-refractivity contribution in [3.05, 3.63) is 65.2 Å². The number of benzene rings is 2. The topological polar surface area (TPSA) is 55.6 Å². The lowest BCUT2D eigenvalue weighted by Gasteiger charge is -2.38. The van der Waals surface area contributed by atoms with Crippen LogP contribution in [-0.2, 0) is 17.9 Å². The van der Waals surface area contributed by atoms with E-state index in [1.165, 1.54) is 16.7 Å². The summed E-state index contributed by atoms with van der Waals surface area (Å²) in [7, 11) is 0. The van der Waals surface area contributed by atoms with E-state index >= 15 is 0 Å². The fourth-order valence-electron chi connectivity index (χ4n) is 2.85. The molecule has 0 bridgehead atoms. The van der Waals surface area contributed by atoms with Crippen LogP contribution in [0.3, 0.4) is 0 Å². The molecule has 0 radical (unpaired) electrons. The summed E-state index contributed by atoms with van der Waals surface area (Å²) < 4.78 is 5.82. The first-order chi connectivity index (χ1) is 11.1. The third-order valence-corrected chi connectivity index (χ3v) is 4.26. The number of carbonyl (C=O) groups excluding carboxylic acids is 1. The molecule has 1 fully saturated rings. The minimum Gasteiger partial charge on any atom is -0.489 e. The predicted octanol–water partition coefficient (Wildman–Crippen LogP) is 2.63. The van der Waals surface area contributed by atoms with Crippen molar-refractivity contribution < 1.29 is 9.53 Å². The van der Waals surface area contributed by atoms with Crippen molar-refractivity contribution >= 4 is 5.91 Å². The zero-order valence-corrected chi connectivity index (χ0v) is 13.4. The van der Waals surface area contributed by atoms with E-state index in [1.54, 1.807) is 0 Å². The lowest BCUT2D eigenvalue weighted by atomic mass is 10.0. The van der Waals surface area contributed by atoms with Crippen LogP contribution in [0.4, 0.5) is 0 Å². The van der Waals surface area contributed by atoms with E-state index in [0.29, 0.717) is 6.61 Å². The fraction of sp³-hybridized carbons (Fsp3) is 0.316. The highest BCUT2D eigenvalue weighted by Crippen LogP contribution is 2.22. The van der Waals surface area contributed by atoms with Gasteiger partial charge < -0.3 is 10.5 Å². The Hall–Kier alpha value is -2.33. The summed E-state index contributed by atoms with van der Waals surface area (Å²) in [6, 6.07) is 16.2. The molecule has 0 aliphatic carbocycles. The third kappa shape index (κ3) is 3.90. The van der Waals surface area contributed by atoms with Crippen LogP contribution >= 0.6 is 0 Å². The van der Waals surface area contributed by atoms with E-state index < -0.39 is 0 Å². The first-order valence-electron chi connectivity index (χ1n) is 7.92. The first kappa shape index (κ1) is 15.6. The Labute approximate surface area is 136 Å². The van der Waals surface area contributed by atoms with Crippen LogP contribution in [0.2, 0.25) is 0 Å². The molecule has 0 unspecified atom stereocenters. The second kappa shape index (κ2) is 6.84. The van der Waals surface area contributed by atoms with Gasteiger partial charge in [-0.05, 0) is 36.6 Å². The largest absolute Gasteiger partial charge is 0.489 e. The Kier molecular flexibility index (Phi) is 4.63. The number of ether oxygens (including phenoxy) is 1. The van der Waals surface area contributed by atoms with Crippen molar-refractivity contribution in [1.82, 2.24) is 4.90 Å². The van der Waals surface area contributed by atoms with E-state index in [2.05, 4.69) is 30.0 Å². The number of amides is 1.